The molecular formula is C41H38N4O4S. The van der Waals surface area contributed by atoms with Crippen LogP contribution in [0.1, 0.15) is 59.9 Å². The smallest absolute Gasteiger partial charge is 0.259 e. The minimum atomic E-state index is -0.232. The monoisotopic (exact) mass is 682 g/mol. The van der Waals surface area contributed by atoms with Crippen molar-refractivity contribution in [3.63, 3.8) is 0 Å². The van der Waals surface area contributed by atoms with Crippen molar-refractivity contribution < 1.29 is 19.1 Å². The molecule has 0 radical (unpaired) electrons. The predicted octanol–water partition coefficient (Wildman–Crippen LogP) is 7.62. The van der Waals surface area contributed by atoms with Gasteiger partial charge in [0.05, 0.1) is 16.1 Å². The summed E-state index contributed by atoms with van der Waals surface area (Å²) in [4.78, 5) is 51.2. The van der Waals surface area contributed by atoms with Gasteiger partial charge in [0.25, 0.3) is 11.8 Å². The predicted molar refractivity (Wildman–Crippen MR) is 198 cm³/mol. The van der Waals surface area contributed by atoms with Crippen LogP contribution in [0.2, 0.25) is 0 Å². The van der Waals surface area contributed by atoms with E-state index in [2.05, 4.69) is 15.2 Å². The molecule has 3 aliphatic heterocycles. The third kappa shape index (κ3) is 6.12. The first kappa shape index (κ1) is 32.1. The van der Waals surface area contributed by atoms with Gasteiger partial charge < -0.3 is 19.9 Å². The molecule has 3 aliphatic rings. The molecule has 2 fully saturated rings. The SMILES string of the molecule is Cc1ccccc1CC(=O)c1cc2c(s1)-c1ccccc1N(C(=O)c1ccc(NC(=O)c3cccnc3N3CC4(CCOCC4)C3)cc1)CC2. The maximum absolute atomic E-state index is 14.0. The first-order chi connectivity index (χ1) is 24.4. The largest absolute Gasteiger partial charge is 0.381 e. The van der Waals surface area contributed by atoms with Crippen molar-refractivity contribution in [1.82, 2.24) is 4.98 Å². The van der Waals surface area contributed by atoms with E-state index in [0.717, 1.165) is 76.8 Å². The van der Waals surface area contributed by atoms with Crippen molar-refractivity contribution in [3.05, 3.63) is 130 Å². The second-order valence-corrected chi connectivity index (χ2v) is 14.6. The molecule has 0 bridgehead atoms. The molecule has 50 heavy (non-hydrogen) atoms. The number of hydrogen-bond acceptors (Lipinski definition) is 7. The van der Waals surface area contributed by atoms with Gasteiger partial charge in [0.2, 0.25) is 0 Å². The van der Waals surface area contributed by atoms with Crippen molar-refractivity contribution in [2.75, 3.05) is 48.0 Å². The second kappa shape index (κ2) is 13.3. The molecular weight excluding hydrogens is 645 g/mol. The number of Topliss-reactive ketones (excluding diaryl/α,β-unsaturated/α-hetero) is 1. The Balaban J connectivity index is 0.966. The highest BCUT2D eigenvalue weighted by Gasteiger charge is 2.45. The number of pyridine rings is 1. The summed E-state index contributed by atoms with van der Waals surface area (Å²) < 4.78 is 5.56. The van der Waals surface area contributed by atoms with Crippen molar-refractivity contribution in [3.8, 4) is 10.4 Å². The van der Waals surface area contributed by atoms with E-state index in [9.17, 15) is 14.4 Å². The minimum Gasteiger partial charge on any atom is -0.381 e. The van der Waals surface area contributed by atoms with Gasteiger partial charge in [-0.3, -0.25) is 14.4 Å². The molecule has 252 valence electrons. The third-order valence-corrected chi connectivity index (χ3v) is 11.6. The topological polar surface area (TPSA) is 91.8 Å². The molecule has 5 heterocycles. The van der Waals surface area contributed by atoms with Gasteiger partial charge in [0.15, 0.2) is 5.78 Å². The Morgan fingerprint density at radius 2 is 1.68 bits per heavy atom. The number of anilines is 3. The summed E-state index contributed by atoms with van der Waals surface area (Å²) in [6.45, 7) is 5.86. The van der Waals surface area contributed by atoms with E-state index in [1.54, 1.807) is 36.5 Å². The molecule has 1 spiro atoms. The van der Waals surface area contributed by atoms with Crippen LogP contribution in [0.15, 0.2) is 97.2 Å². The fourth-order valence-corrected chi connectivity index (χ4v) is 8.61. The second-order valence-electron chi connectivity index (χ2n) is 13.6. The Labute approximate surface area is 295 Å². The van der Waals surface area contributed by atoms with E-state index in [4.69, 9.17) is 4.74 Å². The highest BCUT2D eigenvalue weighted by atomic mass is 32.1. The molecule has 0 atom stereocenters. The van der Waals surface area contributed by atoms with Crippen LogP contribution >= 0.6 is 11.3 Å². The molecule has 1 N–H and O–H groups in total. The lowest BCUT2D eigenvalue weighted by molar-refractivity contribution is -0.000510. The number of benzene rings is 3. The molecule has 8 nitrogen and oxygen atoms in total. The minimum absolute atomic E-state index is 0.110. The number of fused-ring (bicyclic) bond motifs is 3. The molecule has 0 unspecified atom stereocenters. The molecule has 9 heteroatoms. The number of aromatic nitrogens is 1. The molecule has 2 saturated heterocycles. The van der Waals surface area contributed by atoms with Crippen LogP contribution in [0.3, 0.4) is 0 Å². The van der Waals surface area contributed by atoms with Crippen molar-refractivity contribution in [1.29, 1.82) is 0 Å². The average Bonchev–Trinajstić information content (AvgIpc) is 3.50. The first-order valence-corrected chi connectivity index (χ1v) is 18.0. The first-order valence-electron chi connectivity index (χ1n) is 17.2. The van der Waals surface area contributed by atoms with Gasteiger partial charge in [0, 0.05) is 72.6 Å². The fraction of sp³-hybridized carbons (Fsp3) is 0.268. The highest BCUT2D eigenvalue weighted by molar-refractivity contribution is 7.17. The Bertz CT molecular complexity index is 2090. The number of nitrogens with zero attached hydrogens (tertiary/aromatic N) is 3. The third-order valence-electron chi connectivity index (χ3n) is 10.3. The number of ketones is 1. The number of hydrogen-bond donors (Lipinski definition) is 1. The summed E-state index contributed by atoms with van der Waals surface area (Å²) in [5.74, 6) is 0.462. The lowest BCUT2D eigenvalue weighted by Crippen LogP contribution is -2.59. The Kier molecular flexibility index (Phi) is 8.54. The number of amides is 2. The summed E-state index contributed by atoms with van der Waals surface area (Å²) in [5.41, 5.74) is 6.94. The number of carbonyl (C=O) groups is 3. The summed E-state index contributed by atoms with van der Waals surface area (Å²) in [6.07, 6.45) is 4.81. The van der Waals surface area contributed by atoms with E-state index in [-0.39, 0.29) is 23.0 Å². The van der Waals surface area contributed by atoms with Crippen molar-refractivity contribution >= 4 is 46.1 Å². The summed E-state index contributed by atoms with van der Waals surface area (Å²) in [5, 5.41) is 3.01. The quantitative estimate of drug-likeness (QED) is 0.178. The van der Waals surface area contributed by atoms with Crippen LogP contribution in [0, 0.1) is 12.3 Å². The molecule has 0 aliphatic carbocycles. The van der Waals surface area contributed by atoms with Crippen LogP contribution < -0.4 is 15.1 Å². The summed E-state index contributed by atoms with van der Waals surface area (Å²) in [7, 11) is 0. The maximum Gasteiger partial charge on any atom is 0.259 e. The van der Waals surface area contributed by atoms with Gasteiger partial charge in [0.1, 0.15) is 5.82 Å². The van der Waals surface area contributed by atoms with E-state index in [1.807, 2.05) is 72.5 Å². The lowest BCUT2D eigenvalue weighted by atomic mass is 9.73. The number of ether oxygens (including phenoxy) is 1. The molecule has 3 aromatic carbocycles. The number of nitrogens with one attached hydrogen (secondary N) is 1. The van der Waals surface area contributed by atoms with E-state index in [1.165, 1.54) is 11.3 Å². The zero-order valence-corrected chi connectivity index (χ0v) is 28.8. The van der Waals surface area contributed by atoms with Crippen LogP contribution in [0.5, 0.6) is 0 Å². The van der Waals surface area contributed by atoms with Crippen molar-refractivity contribution in [2.45, 2.75) is 32.6 Å². The zero-order valence-electron chi connectivity index (χ0n) is 28.0. The Hall–Kier alpha value is -5.12. The van der Waals surface area contributed by atoms with Gasteiger partial charge in [-0.25, -0.2) is 4.98 Å². The number of carbonyl (C=O) groups excluding carboxylic acids is 3. The van der Waals surface area contributed by atoms with Gasteiger partial charge >= 0.3 is 0 Å². The maximum atomic E-state index is 14.0. The van der Waals surface area contributed by atoms with Crippen molar-refractivity contribution in [2.24, 2.45) is 5.41 Å². The number of para-hydroxylation sites is 1. The van der Waals surface area contributed by atoms with Gasteiger partial charge in [-0.1, -0.05) is 42.5 Å². The Morgan fingerprint density at radius 1 is 0.920 bits per heavy atom. The average molecular weight is 683 g/mol. The van der Waals surface area contributed by atoms with E-state index in [0.29, 0.717) is 42.0 Å². The molecule has 5 aromatic rings. The zero-order chi connectivity index (χ0) is 34.2. The van der Waals surface area contributed by atoms with Gasteiger partial charge in [-0.2, -0.15) is 0 Å². The van der Waals surface area contributed by atoms with E-state index >= 15 is 0 Å². The van der Waals surface area contributed by atoms with Crippen LogP contribution in [-0.2, 0) is 17.6 Å². The van der Waals surface area contributed by atoms with Gasteiger partial charge in [-0.05, 0) is 91.4 Å². The standard InChI is InChI=1S/C41H38N4O4S/c1-27-7-2-3-8-29(27)23-35(46)36-24-30-16-20-45(34-11-5-4-9-32(34)37(30)50-36)40(48)28-12-14-31(15-13-28)43-39(47)33-10-6-19-42-38(33)44-25-41(26-44)17-21-49-22-18-41/h2-15,19,24H,16-18,20-23,25-26H2,1H3,(H,43,47). The molecule has 2 aromatic heterocycles. The number of aryl methyl sites for hydroxylation is 1. The Morgan fingerprint density at radius 3 is 2.48 bits per heavy atom. The molecule has 8 rings (SSSR count). The van der Waals surface area contributed by atoms with E-state index < -0.39 is 0 Å². The highest BCUT2D eigenvalue weighted by Crippen LogP contribution is 2.43. The normalized spacial score (nSPS) is 16.2. The summed E-state index contributed by atoms with van der Waals surface area (Å²) in [6, 6.07) is 28.6. The number of rotatable bonds is 7. The fourth-order valence-electron chi connectivity index (χ4n) is 7.42. The lowest BCUT2D eigenvalue weighted by Gasteiger charge is -2.53. The van der Waals surface area contributed by atoms with Gasteiger partial charge in [-0.15, -0.1) is 11.3 Å². The number of thiophene rings is 1. The molecule has 0 saturated carbocycles. The van der Waals surface area contributed by atoms with Crippen LogP contribution in [0.25, 0.3) is 10.4 Å². The van der Waals surface area contributed by atoms with Crippen LogP contribution in [0.4, 0.5) is 17.2 Å². The molecule has 2 amide bonds. The van der Waals surface area contributed by atoms with Crippen LogP contribution in [-0.4, -0.2) is 55.4 Å². The summed E-state index contributed by atoms with van der Waals surface area (Å²) >= 11 is 1.51.